The molecule has 92 valence electrons. The minimum Gasteiger partial charge on any atom is -0.259 e. The van der Waals surface area contributed by atoms with Crippen LogP contribution >= 0.6 is 11.3 Å². The third kappa shape index (κ3) is 2.57. The fraction of sp³-hybridized carbons (Fsp3) is 0.444. The molecule has 0 aliphatic carbocycles. The Labute approximate surface area is 106 Å². The molecule has 0 N–H and O–H groups in total. The summed E-state index contributed by atoms with van der Waals surface area (Å²) in [5.41, 5.74) is 0. The molecule has 2 rings (SSSR count). The van der Waals surface area contributed by atoms with Crippen LogP contribution in [0, 0.1) is 11.3 Å². The van der Waals surface area contributed by atoms with Crippen molar-refractivity contribution in [2.45, 2.75) is 4.21 Å². The number of nitriles is 1. The van der Waals surface area contributed by atoms with Crippen molar-refractivity contribution in [3.05, 3.63) is 17.0 Å². The molecule has 0 atom stereocenters. The minimum absolute atomic E-state index is 0.182. The van der Waals surface area contributed by atoms with Gasteiger partial charge < -0.3 is 0 Å². The first-order valence-electron chi connectivity index (χ1n) is 4.89. The largest absolute Gasteiger partial charge is 0.259 e. The van der Waals surface area contributed by atoms with E-state index in [4.69, 9.17) is 5.26 Å². The van der Waals surface area contributed by atoms with Crippen molar-refractivity contribution in [2.75, 3.05) is 24.6 Å². The van der Waals surface area contributed by atoms with E-state index < -0.39 is 20.8 Å². The number of rotatable bonds is 2. The lowest BCUT2D eigenvalue weighted by Gasteiger charge is -2.24. The van der Waals surface area contributed by atoms with Gasteiger partial charge in [-0.15, -0.1) is 11.3 Å². The summed E-state index contributed by atoms with van der Waals surface area (Å²) in [6.07, 6.45) is 0. The van der Waals surface area contributed by atoms with Gasteiger partial charge in [0.1, 0.15) is 15.2 Å². The van der Waals surface area contributed by atoms with E-state index in [9.17, 15) is 12.6 Å². The quantitative estimate of drug-likeness (QED) is 0.788. The summed E-state index contributed by atoms with van der Waals surface area (Å²) in [5, 5.41) is 8.67. The highest BCUT2D eigenvalue weighted by Gasteiger charge is 2.29. The zero-order valence-electron chi connectivity index (χ0n) is 8.83. The van der Waals surface area contributed by atoms with E-state index in [2.05, 4.69) is 0 Å². The van der Waals surface area contributed by atoms with Gasteiger partial charge in [-0.25, -0.2) is 8.42 Å². The van der Waals surface area contributed by atoms with Crippen molar-refractivity contribution < 1.29 is 12.6 Å². The van der Waals surface area contributed by atoms with E-state index in [1.54, 1.807) is 0 Å². The van der Waals surface area contributed by atoms with Gasteiger partial charge in [0, 0.05) is 35.4 Å². The Kier molecular flexibility index (Phi) is 3.63. The third-order valence-corrected chi connectivity index (χ3v) is 7.05. The molecular formula is C9H10N2O3S3. The Morgan fingerprint density at radius 3 is 2.53 bits per heavy atom. The van der Waals surface area contributed by atoms with E-state index >= 15 is 0 Å². The highest BCUT2D eigenvalue weighted by atomic mass is 32.2. The van der Waals surface area contributed by atoms with Crippen LogP contribution in [0.15, 0.2) is 16.3 Å². The average molecular weight is 290 g/mol. The molecule has 1 aliphatic heterocycles. The number of hydrogen-bond acceptors (Lipinski definition) is 5. The van der Waals surface area contributed by atoms with E-state index in [0.29, 0.717) is 16.4 Å². The van der Waals surface area contributed by atoms with Crippen LogP contribution in [0.1, 0.15) is 4.88 Å². The van der Waals surface area contributed by atoms with Crippen LogP contribution in [0.2, 0.25) is 0 Å². The van der Waals surface area contributed by atoms with Gasteiger partial charge in [0.15, 0.2) is 0 Å². The van der Waals surface area contributed by atoms with Crippen molar-refractivity contribution in [1.29, 1.82) is 5.26 Å². The topological polar surface area (TPSA) is 78.2 Å². The summed E-state index contributed by atoms with van der Waals surface area (Å²) in [4.78, 5) is 0.379. The number of thiophene rings is 1. The van der Waals surface area contributed by atoms with Crippen LogP contribution in [0.4, 0.5) is 0 Å². The summed E-state index contributed by atoms with van der Waals surface area (Å²) in [5.74, 6) is 0.769. The van der Waals surface area contributed by atoms with Crippen molar-refractivity contribution >= 4 is 32.2 Å². The number of hydrogen-bond donors (Lipinski definition) is 0. The Hall–Kier alpha value is -0.750. The maximum absolute atomic E-state index is 12.2. The normalized spacial score (nSPS) is 19.0. The fourth-order valence-corrected chi connectivity index (χ4v) is 5.49. The molecule has 0 saturated carbocycles. The molecular weight excluding hydrogens is 280 g/mol. The number of nitrogens with zero attached hydrogens (tertiary/aromatic N) is 2. The average Bonchev–Trinajstić information content (AvgIpc) is 2.78. The van der Waals surface area contributed by atoms with Gasteiger partial charge in [0.05, 0.1) is 0 Å². The zero-order chi connectivity index (χ0) is 12.5. The first-order chi connectivity index (χ1) is 8.04. The molecule has 2 heterocycles. The van der Waals surface area contributed by atoms with E-state index in [1.807, 2.05) is 6.07 Å². The predicted molar refractivity (Wildman–Crippen MR) is 65.7 cm³/mol. The predicted octanol–water partition coefficient (Wildman–Crippen LogP) is 0.373. The number of sulfonamides is 1. The van der Waals surface area contributed by atoms with E-state index in [1.165, 1.54) is 16.4 Å². The zero-order valence-corrected chi connectivity index (χ0v) is 11.3. The van der Waals surface area contributed by atoms with Crippen molar-refractivity contribution in [1.82, 2.24) is 4.31 Å². The van der Waals surface area contributed by atoms with Gasteiger partial charge in [-0.2, -0.15) is 9.57 Å². The second-order valence-electron chi connectivity index (χ2n) is 3.48. The molecule has 0 spiro atoms. The summed E-state index contributed by atoms with van der Waals surface area (Å²) >= 11 is 0.968. The van der Waals surface area contributed by atoms with Crippen LogP contribution in [-0.4, -0.2) is 41.5 Å². The van der Waals surface area contributed by atoms with Gasteiger partial charge in [0.25, 0.3) is 10.0 Å². The molecule has 0 amide bonds. The summed E-state index contributed by atoms with van der Waals surface area (Å²) in [7, 11) is -4.41. The van der Waals surface area contributed by atoms with Crippen LogP contribution in [0.5, 0.6) is 0 Å². The lowest BCUT2D eigenvalue weighted by molar-refractivity contribution is 0.440. The van der Waals surface area contributed by atoms with Crippen molar-refractivity contribution in [2.24, 2.45) is 0 Å². The maximum Gasteiger partial charge on any atom is 0.252 e. The summed E-state index contributed by atoms with van der Waals surface area (Å²) in [6, 6.07) is 4.86. The molecule has 0 aromatic carbocycles. The monoisotopic (exact) mass is 290 g/mol. The standard InChI is InChI=1S/C9H10N2O3S3/c10-7-8-1-2-9(15-8)17(13,14)11-3-5-16(12)6-4-11/h1-2H,3-6H2. The van der Waals surface area contributed by atoms with Crippen molar-refractivity contribution in [3.63, 3.8) is 0 Å². The van der Waals surface area contributed by atoms with E-state index in [-0.39, 0.29) is 17.3 Å². The highest BCUT2D eigenvalue weighted by molar-refractivity contribution is 7.91. The molecule has 1 aromatic rings. The molecule has 0 bridgehead atoms. The molecule has 0 radical (unpaired) electrons. The second kappa shape index (κ2) is 4.86. The molecule has 1 aromatic heterocycles. The minimum atomic E-state index is -3.51. The molecule has 17 heavy (non-hydrogen) atoms. The van der Waals surface area contributed by atoms with Crippen LogP contribution < -0.4 is 0 Å². The molecule has 5 nitrogen and oxygen atoms in total. The first-order valence-corrected chi connectivity index (χ1v) is 8.63. The van der Waals surface area contributed by atoms with Gasteiger partial charge in [0.2, 0.25) is 0 Å². The lowest BCUT2D eigenvalue weighted by atomic mass is 10.5. The Morgan fingerprint density at radius 2 is 2.00 bits per heavy atom. The summed E-state index contributed by atoms with van der Waals surface area (Å²) in [6.45, 7) is 0.573. The molecule has 0 unspecified atom stereocenters. The Bertz CT molecular complexity index is 575. The third-order valence-electron chi connectivity index (χ3n) is 2.42. The Morgan fingerprint density at radius 1 is 1.35 bits per heavy atom. The maximum atomic E-state index is 12.2. The molecule has 1 saturated heterocycles. The van der Waals surface area contributed by atoms with Crippen molar-refractivity contribution in [3.8, 4) is 6.07 Å². The molecule has 1 aliphatic rings. The van der Waals surface area contributed by atoms with Gasteiger partial charge >= 0.3 is 0 Å². The first kappa shape index (κ1) is 12.7. The van der Waals surface area contributed by atoms with Crippen LogP contribution in [0.25, 0.3) is 0 Å². The van der Waals surface area contributed by atoms with Gasteiger partial charge in [-0.1, -0.05) is 0 Å². The van der Waals surface area contributed by atoms with Crippen LogP contribution in [-0.2, 0) is 20.8 Å². The lowest BCUT2D eigenvalue weighted by Crippen LogP contribution is -2.41. The SMILES string of the molecule is N#Cc1ccc(S(=O)(=O)N2CCS(=O)CC2)s1. The Balaban J connectivity index is 2.25. The molecule has 8 heteroatoms. The summed E-state index contributed by atoms with van der Waals surface area (Å²) < 4.78 is 37.0. The van der Waals surface area contributed by atoms with Gasteiger partial charge in [-0.3, -0.25) is 4.21 Å². The fourth-order valence-electron chi connectivity index (χ4n) is 1.51. The molecule has 1 fully saturated rings. The smallest absolute Gasteiger partial charge is 0.252 e. The second-order valence-corrected chi connectivity index (χ2v) is 8.43. The van der Waals surface area contributed by atoms with Gasteiger partial charge in [-0.05, 0) is 12.1 Å². The van der Waals surface area contributed by atoms with Crippen LogP contribution in [0.3, 0.4) is 0 Å². The highest BCUT2D eigenvalue weighted by Crippen LogP contribution is 2.25. The van der Waals surface area contributed by atoms with E-state index in [0.717, 1.165) is 11.3 Å².